The molecule has 0 aromatic heterocycles. The maximum absolute atomic E-state index is 12.9. The Morgan fingerprint density at radius 1 is 1.39 bits per heavy atom. The van der Waals surface area contributed by atoms with E-state index in [-0.39, 0.29) is 6.61 Å². The first-order valence-electron chi connectivity index (χ1n) is 8.52. The number of allylic oxidation sites excluding steroid dienone is 1. The van der Waals surface area contributed by atoms with Gasteiger partial charge < -0.3 is 24.8 Å². The predicted octanol–water partition coefficient (Wildman–Crippen LogP) is 3.60. The Kier molecular flexibility index (Phi) is 6.96. The highest BCUT2D eigenvalue weighted by molar-refractivity contribution is 9.10. The number of carbonyl (C=O) groups is 1. The summed E-state index contributed by atoms with van der Waals surface area (Å²) in [5, 5.41) is 6.54. The number of carbonyl (C=O) groups excluding carboxylic acids is 1. The molecule has 0 amide bonds. The van der Waals surface area contributed by atoms with Crippen molar-refractivity contribution >= 4 is 39.2 Å². The molecule has 28 heavy (non-hydrogen) atoms. The van der Waals surface area contributed by atoms with E-state index in [2.05, 4.69) is 32.5 Å². The molecule has 1 aliphatic rings. The van der Waals surface area contributed by atoms with Gasteiger partial charge in [0.05, 0.1) is 23.2 Å². The first kappa shape index (κ1) is 22.1. The van der Waals surface area contributed by atoms with Crippen LogP contribution < -0.4 is 20.1 Å². The van der Waals surface area contributed by atoms with E-state index in [0.717, 1.165) is 5.56 Å². The number of nitrogens with one attached hydrogen (secondary N) is 2. The minimum absolute atomic E-state index is 0.103. The van der Waals surface area contributed by atoms with E-state index in [1.807, 2.05) is 26.8 Å². The van der Waals surface area contributed by atoms with Crippen molar-refractivity contribution in [2.24, 2.45) is 0 Å². The van der Waals surface area contributed by atoms with Crippen molar-refractivity contribution in [1.29, 1.82) is 0 Å². The smallest absolute Gasteiger partial charge is 0.338 e. The zero-order chi connectivity index (χ0) is 21.1. The third-order valence-electron chi connectivity index (χ3n) is 3.77. The summed E-state index contributed by atoms with van der Waals surface area (Å²) in [6, 6.07) is 3.09. The largest absolute Gasteiger partial charge is 0.493 e. The van der Waals surface area contributed by atoms with Crippen molar-refractivity contribution in [3.8, 4) is 23.8 Å². The molecular formula is C20H23BrN2O4S. The normalized spacial score (nSPS) is 16.6. The second-order valence-corrected chi connectivity index (χ2v) is 8.36. The molecule has 1 heterocycles. The fourth-order valence-corrected chi connectivity index (χ4v) is 3.55. The molecule has 0 saturated heterocycles. The molecule has 0 fully saturated rings. The Bertz CT molecular complexity index is 868. The van der Waals surface area contributed by atoms with Gasteiger partial charge in [-0.1, -0.05) is 5.92 Å². The lowest BCUT2D eigenvalue weighted by molar-refractivity contribution is -0.150. The standard InChI is InChI=1S/C20H23BrN2O4S/c1-7-8-26-17-13(21)9-12(10-14(17)25-6)16-15(11(2)22-19(28)23-16)18(24)27-20(3,4)5/h1,9-10,16H,8H2,2-6H3,(H2,22,23,28). The number of ether oxygens (including phenoxy) is 3. The number of terminal acetylenes is 1. The van der Waals surface area contributed by atoms with Gasteiger partial charge in [0, 0.05) is 5.70 Å². The number of methoxy groups -OCH3 is 1. The van der Waals surface area contributed by atoms with Gasteiger partial charge in [-0.15, -0.1) is 6.42 Å². The molecule has 1 aromatic carbocycles. The van der Waals surface area contributed by atoms with E-state index in [1.165, 1.54) is 7.11 Å². The lowest BCUT2D eigenvalue weighted by Crippen LogP contribution is -2.45. The van der Waals surface area contributed by atoms with Crippen LogP contribution in [0, 0.1) is 12.3 Å². The number of thiocarbonyl (C=S) groups is 1. The summed E-state index contributed by atoms with van der Waals surface area (Å²) in [6.45, 7) is 7.35. The molecule has 150 valence electrons. The van der Waals surface area contributed by atoms with Crippen LogP contribution in [0.25, 0.3) is 0 Å². The SMILES string of the molecule is C#CCOc1c(Br)cc(C2NC(=S)NC(C)=C2C(=O)OC(C)(C)C)cc1OC. The number of esters is 1. The average molecular weight is 467 g/mol. The van der Waals surface area contributed by atoms with Crippen LogP contribution in [0.5, 0.6) is 11.5 Å². The van der Waals surface area contributed by atoms with Gasteiger partial charge in [-0.25, -0.2) is 4.79 Å². The second-order valence-electron chi connectivity index (χ2n) is 7.10. The van der Waals surface area contributed by atoms with E-state index >= 15 is 0 Å². The van der Waals surface area contributed by atoms with Crippen LogP contribution in [0.1, 0.15) is 39.3 Å². The molecule has 1 aliphatic heterocycles. The van der Waals surface area contributed by atoms with Crippen LogP contribution in [0.15, 0.2) is 27.9 Å². The van der Waals surface area contributed by atoms with Gasteiger partial charge >= 0.3 is 5.97 Å². The maximum atomic E-state index is 12.9. The van der Waals surface area contributed by atoms with Crippen molar-refractivity contribution < 1.29 is 19.0 Å². The highest BCUT2D eigenvalue weighted by atomic mass is 79.9. The molecule has 1 atom stereocenters. The molecule has 6 nitrogen and oxygen atoms in total. The molecule has 2 N–H and O–H groups in total. The molecule has 8 heteroatoms. The molecule has 0 aliphatic carbocycles. The Morgan fingerprint density at radius 2 is 2.07 bits per heavy atom. The first-order valence-corrected chi connectivity index (χ1v) is 9.72. The van der Waals surface area contributed by atoms with Gasteiger partial charge in [-0.3, -0.25) is 0 Å². The van der Waals surface area contributed by atoms with Crippen molar-refractivity contribution in [1.82, 2.24) is 10.6 Å². The minimum atomic E-state index is -0.627. The third-order valence-corrected chi connectivity index (χ3v) is 4.58. The number of hydrogen-bond acceptors (Lipinski definition) is 5. The van der Waals surface area contributed by atoms with Crippen LogP contribution in [0.3, 0.4) is 0 Å². The Balaban J connectivity index is 2.52. The summed E-state index contributed by atoms with van der Waals surface area (Å²) in [7, 11) is 1.53. The quantitative estimate of drug-likeness (QED) is 0.390. The van der Waals surface area contributed by atoms with Gasteiger partial charge in [0.15, 0.2) is 16.6 Å². The van der Waals surface area contributed by atoms with E-state index < -0.39 is 17.6 Å². The van der Waals surface area contributed by atoms with Gasteiger partial charge in [-0.2, -0.15) is 0 Å². The van der Waals surface area contributed by atoms with Gasteiger partial charge in [0.2, 0.25) is 0 Å². The van der Waals surface area contributed by atoms with E-state index in [0.29, 0.717) is 32.4 Å². The maximum Gasteiger partial charge on any atom is 0.338 e. The number of halogens is 1. The highest BCUT2D eigenvalue weighted by Gasteiger charge is 2.33. The summed E-state index contributed by atoms with van der Waals surface area (Å²) >= 11 is 8.78. The molecular weight excluding hydrogens is 444 g/mol. The minimum Gasteiger partial charge on any atom is -0.493 e. The topological polar surface area (TPSA) is 68.8 Å². The van der Waals surface area contributed by atoms with Crippen LogP contribution in [0.4, 0.5) is 0 Å². The summed E-state index contributed by atoms with van der Waals surface area (Å²) in [6.07, 6.45) is 5.28. The Hall–Kier alpha value is -2.24. The van der Waals surface area contributed by atoms with E-state index in [9.17, 15) is 4.79 Å². The summed E-state index contributed by atoms with van der Waals surface area (Å²) in [4.78, 5) is 12.9. The number of hydrogen-bond donors (Lipinski definition) is 2. The molecule has 0 spiro atoms. The van der Waals surface area contributed by atoms with Crippen LogP contribution in [0.2, 0.25) is 0 Å². The average Bonchev–Trinajstić information content (AvgIpc) is 2.57. The van der Waals surface area contributed by atoms with E-state index in [1.54, 1.807) is 13.0 Å². The fourth-order valence-electron chi connectivity index (χ4n) is 2.71. The molecule has 0 bridgehead atoms. The number of benzene rings is 1. The monoisotopic (exact) mass is 466 g/mol. The van der Waals surface area contributed by atoms with Crippen LogP contribution in [-0.2, 0) is 9.53 Å². The second kappa shape index (κ2) is 8.84. The van der Waals surface area contributed by atoms with Crippen molar-refractivity contribution in [3.05, 3.63) is 33.4 Å². The summed E-state index contributed by atoms with van der Waals surface area (Å²) < 4.78 is 17.2. The zero-order valence-corrected chi connectivity index (χ0v) is 18.8. The summed E-state index contributed by atoms with van der Waals surface area (Å²) in [5.41, 5.74) is 1.19. The lowest BCUT2D eigenvalue weighted by Gasteiger charge is -2.32. The zero-order valence-electron chi connectivity index (χ0n) is 16.4. The lowest BCUT2D eigenvalue weighted by atomic mass is 9.95. The Labute approximate surface area is 179 Å². The third kappa shape index (κ3) is 5.18. The molecule has 0 saturated carbocycles. The van der Waals surface area contributed by atoms with Gasteiger partial charge in [-0.05, 0) is 73.5 Å². The molecule has 2 rings (SSSR count). The number of rotatable bonds is 5. The fraction of sp³-hybridized carbons (Fsp3) is 0.400. The van der Waals surface area contributed by atoms with Crippen molar-refractivity contribution in [2.75, 3.05) is 13.7 Å². The molecule has 1 aromatic rings. The first-order chi connectivity index (χ1) is 13.1. The highest BCUT2D eigenvalue weighted by Crippen LogP contribution is 2.40. The Morgan fingerprint density at radius 3 is 2.64 bits per heavy atom. The van der Waals surface area contributed by atoms with Gasteiger partial charge in [0.25, 0.3) is 0 Å². The van der Waals surface area contributed by atoms with Crippen molar-refractivity contribution in [2.45, 2.75) is 39.3 Å². The van der Waals surface area contributed by atoms with Gasteiger partial charge in [0.1, 0.15) is 12.2 Å². The van der Waals surface area contributed by atoms with Crippen molar-refractivity contribution in [3.63, 3.8) is 0 Å². The molecule has 0 radical (unpaired) electrons. The van der Waals surface area contributed by atoms with Crippen LogP contribution in [-0.4, -0.2) is 30.4 Å². The van der Waals surface area contributed by atoms with E-state index in [4.69, 9.17) is 32.9 Å². The van der Waals surface area contributed by atoms with Crippen LogP contribution >= 0.6 is 28.1 Å². The predicted molar refractivity (Wildman–Crippen MR) is 115 cm³/mol. The summed E-state index contributed by atoms with van der Waals surface area (Å²) in [5.74, 6) is 2.96. The molecule has 1 unspecified atom stereocenters.